The van der Waals surface area contributed by atoms with Crippen molar-refractivity contribution in [1.82, 2.24) is 9.97 Å². The normalized spacial score (nSPS) is 10.3. The van der Waals surface area contributed by atoms with Crippen molar-refractivity contribution in [3.05, 3.63) is 57.4 Å². The van der Waals surface area contributed by atoms with E-state index in [2.05, 4.69) is 37.9 Å². The van der Waals surface area contributed by atoms with Crippen molar-refractivity contribution < 1.29 is 4.79 Å². The fourth-order valence-electron chi connectivity index (χ4n) is 1.97. The Bertz CT molecular complexity index is 879. The number of nitrogens with zero attached hydrogens (tertiary/aromatic N) is 2. The highest BCUT2D eigenvalue weighted by Crippen LogP contribution is 2.20. The van der Waals surface area contributed by atoms with Crippen LogP contribution in [0.3, 0.4) is 0 Å². The molecule has 0 fully saturated rings. The highest BCUT2D eigenvalue weighted by Gasteiger charge is 2.10. The molecule has 5 nitrogen and oxygen atoms in total. The number of hydrogen-bond acceptors (Lipinski definition) is 3. The third-order valence-electron chi connectivity index (χ3n) is 2.99. The number of rotatable bonds is 2. The number of H-pyrrole nitrogens is 1. The maximum atomic E-state index is 12.2. The molecule has 0 saturated heterocycles. The minimum Gasteiger partial charge on any atom is -0.345 e. The molecule has 1 amide bonds. The van der Waals surface area contributed by atoms with Crippen molar-refractivity contribution in [2.75, 3.05) is 5.32 Å². The summed E-state index contributed by atoms with van der Waals surface area (Å²) in [5.74, 6) is -0.253. The van der Waals surface area contributed by atoms with Crippen LogP contribution in [0.4, 0.5) is 5.69 Å². The minimum absolute atomic E-state index is 0.253. The average molecular weight is 388 g/mol. The zero-order valence-corrected chi connectivity index (χ0v) is 12.9. The summed E-state index contributed by atoms with van der Waals surface area (Å²) in [6, 6.07) is 10.6. The van der Waals surface area contributed by atoms with Crippen molar-refractivity contribution in [3.8, 4) is 6.07 Å². The fourth-order valence-corrected chi connectivity index (χ4v) is 2.53. The first-order valence-electron chi connectivity index (χ1n) is 6.11. The molecule has 2 N–H and O–H groups in total. The molecule has 0 atom stereocenters. The van der Waals surface area contributed by atoms with Crippen LogP contribution in [0.15, 0.2) is 42.7 Å². The predicted octanol–water partition coefficient (Wildman–Crippen LogP) is 3.29. The first-order chi connectivity index (χ1) is 10.2. The molecule has 0 radical (unpaired) electrons. The van der Waals surface area contributed by atoms with E-state index in [0.717, 1.165) is 14.6 Å². The average Bonchev–Trinajstić information content (AvgIpc) is 2.88. The highest BCUT2D eigenvalue weighted by atomic mass is 127. The number of nitrogens with one attached hydrogen (secondary N) is 2. The lowest BCUT2D eigenvalue weighted by Gasteiger charge is -2.05. The van der Waals surface area contributed by atoms with Gasteiger partial charge in [-0.2, -0.15) is 5.26 Å². The van der Waals surface area contributed by atoms with Gasteiger partial charge in [-0.1, -0.05) is 6.07 Å². The van der Waals surface area contributed by atoms with Gasteiger partial charge in [0.05, 0.1) is 17.2 Å². The first kappa shape index (κ1) is 13.6. The van der Waals surface area contributed by atoms with E-state index in [1.165, 1.54) is 6.20 Å². The lowest BCUT2D eigenvalue weighted by Crippen LogP contribution is -2.12. The summed E-state index contributed by atoms with van der Waals surface area (Å²) < 4.78 is 1.01. The van der Waals surface area contributed by atoms with Gasteiger partial charge < -0.3 is 10.3 Å². The molecule has 102 valence electrons. The lowest BCUT2D eigenvalue weighted by atomic mass is 10.2. The second-order valence-corrected chi connectivity index (χ2v) is 5.57. The number of pyridine rings is 1. The number of carbonyl (C=O) groups excluding carboxylic acids is 1. The summed E-state index contributed by atoms with van der Waals surface area (Å²) in [7, 11) is 0. The molecular formula is C15H9IN4O. The van der Waals surface area contributed by atoms with Crippen molar-refractivity contribution in [3.63, 3.8) is 0 Å². The smallest absolute Gasteiger partial charge is 0.257 e. The molecule has 6 heteroatoms. The van der Waals surface area contributed by atoms with Crippen LogP contribution in [0.1, 0.15) is 15.9 Å². The number of benzene rings is 1. The van der Waals surface area contributed by atoms with E-state index in [1.54, 1.807) is 30.3 Å². The second kappa shape index (κ2) is 5.54. The Balaban J connectivity index is 1.89. The molecule has 3 rings (SSSR count). The zero-order valence-electron chi connectivity index (χ0n) is 10.7. The number of aromatic amines is 1. The van der Waals surface area contributed by atoms with Gasteiger partial charge in [0.15, 0.2) is 0 Å². The van der Waals surface area contributed by atoms with Gasteiger partial charge in [0.1, 0.15) is 5.65 Å². The van der Waals surface area contributed by atoms with Crippen LogP contribution >= 0.6 is 22.6 Å². The van der Waals surface area contributed by atoms with Gasteiger partial charge in [-0.25, -0.2) is 4.98 Å². The number of hydrogen-bond donors (Lipinski definition) is 2. The second-order valence-electron chi connectivity index (χ2n) is 4.40. The van der Waals surface area contributed by atoms with E-state index in [4.69, 9.17) is 5.26 Å². The van der Waals surface area contributed by atoms with Gasteiger partial charge in [0.25, 0.3) is 5.91 Å². The van der Waals surface area contributed by atoms with Gasteiger partial charge in [0, 0.05) is 27.0 Å². The molecule has 2 aromatic heterocycles. The van der Waals surface area contributed by atoms with E-state index in [-0.39, 0.29) is 5.91 Å². The Morgan fingerprint density at radius 1 is 1.38 bits per heavy atom. The fraction of sp³-hybridized carbons (Fsp3) is 0. The van der Waals surface area contributed by atoms with E-state index >= 15 is 0 Å². The summed E-state index contributed by atoms with van der Waals surface area (Å²) in [6.07, 6.45) is 3.37. The molecule has 0 aliphatic heterocycles. The highest BCUT2D eigenvalue weighted by molar-refractivity contribution is 14.1. The molecule has 0 saturated carbocycles. The van der Waals surface area contributed by atoms with E-state index in [0.29, 0.717) is 16.8 Å². The van der Waals surface area contributed by atoms with Crippen molar-refractivity contribution in [2.45, 2.75) is 0 Å². The SMILES string of the molecule is N#Cc1cccc(NC(=O)c2cnc3[nH]cc(I)c3c2)c1. The number of carbonyl (C=O) groups is 1. The van der Waals surface area contributed by atoms with Crippen LogP contribution in [0.2, 0.25) is 0 Å². The monoisotopic (exact) mass is 388 g/mol. The minimum atomic E-state index is -0.253. The van der Waals surface area contributed by atoms with Crippen LogP contribution < -0.4 is 5.32 Å². The van der Waals surface area contributed by atoms with E-state index < -0.39 is 0 Å². The van der Waals surface area contributed by atoms with Gasteiger partial charge in [-0.05, 0) is 46.9 Å². The molecular weight excluding hydrogens is 379 g/mol. The zero-order chi connectivity index (χ0) is 14.8. The lowest BCUT2D eigenvalue weighted by molar-refractivity contribution is 0.102. The molecule has 0 aliphatic carbocycles. The summed E-state index contributed by atoms with van der Waals surface area (Å²) in [5.41, 5.74) is 2.31. The third-order valence-corrected chi connectivity index (χ3v) is 3.88. The van der Waals surface area contributed by atoms with Crippen LogP contribution in [-0.2, 0) is 0 Å². The van der Waals surface area contributed by atoms with Crippen LogP contribution in [0, 0.1) is 14.9 Å². The number of fused-ring (bicyclic) bond motifs is 1. The quantitative estimate of drug-likeness (QED) is 0.661. The molecule has 0 unspecified atom stereocenters. The summed E-state index contributed by atoms with van der Waals surface area (Å²) in [5, 5.41) is 12.5. The number of halogens is 1. The molecule has 3 aromatic rings. The number of anilines is 1. The maximum absolute atomic E-state index is 12.2. The Labute approximate surface area is 134 Å². The van der Waals surface area contributed by atoms with E-state index in [9.17, 15) is 4.79 Å². The molecule has 0 bridgehead atoms. The number of aromatic nitrogens is 2. The summed E-state index contributed by atoms with van der Waals surface area (Å²) in [6.45, 7) is 0. The predicted molar refractivity (Wildman–Crippen MR) is 87.9 cm³/mol. The Hall–Kier alpha value is -2.40. The van der Waals surface area contributed by atoms with Crippen LogP contribution in [0.5, 0.6) is 0 Å². The molecule has 2 heterocycles. The summed E-state index contributed by atoms with van der Waals surface area (Å²) >= 11 is 2.19. The maximum Gasteiger partial charge on any atom is 0.257 e. The van der Waals surface area contributed by atoms with E-state index in [1.807, 2.05) is 12.3 Å². The first-order valence-corrected chi connectivity index (χ1v) is 7.19. The van der Waals surface area contributed by atoms with Gasteiger partial charge >= 0.3 is 0 Å². The largest absolute Gasteiger partial charge is 0.345 e. The van der Waals surface area contributed by atoms with Gasteiger partial charge in [-0.15, -0.1) is 0 Å². The molecule has 1 aromatic carbocycles. The molecule has 21 heavy (non-hydrogen) atoms. The van der Waals surface area contributed by atoms with Crippen molar-refractivity contribution in [2.24, 2.45) is 0 Å². The van der Waals surface area contributed by atoms with Crippen LogP contribution in [-0.4, -0.2) is 15.9 Å². The topological polar surface area (TPSA) is 81.6 Å². The van der Waals surface area contributed by atoms with Crippen molar-refractivity contribution in [1.29, 1.82) is 5.26 Å². The van der Waals surface area contributed by atoms with Gasteiger partial charge in [-0.3, -0.25) is 4.79 Å². The Kier molecular flexibility index (Phi) is 3.58. The van der Waals surface area contributed by atoms with Gasteiger partial charge in [0.2, 0.25) is 0 Å². The standard InChI is InChI=1S/C15H9IN4O/c16-13-8-19-14-12(13)5-10(7-18-14)15(21)20-11-3-1-2-9(4-11)6-17/h1-5,7-8H,(H,18,19)(H,20,21). The molecule has 0 aliphatic rings. The third kappa shape index (κ3) is 2.73. The molecule has 0 spiro atoms. The van der Waals surface area contributed by atoms with Crippen molar-refractivity contribution >= 4 is 45.2 Å². The van der Waals surface area contributed by atoms with Crippen LogP contribution in [0.25, 0.3) is 11.0 Å². The summed E-state index contributed by atoms with van der Waals surface area (Å²) in [4.78, 5) is 19.5. The Morgan fingerprint density at radius 3 is 3.05 bits per heavy atom. The number of nitriles is 1. The Morgan fingerprint density at radius 2 is 2.24 bits per heavy atom. The number of amides is 1.